The summed E-state index contributed by atoms with van der Waals surface area (Å²) in [6, 6.07) is 12.4. The average Bonchev–Trinajstić information content (AvgIpc) is 3.19. The van der Waals surface area contributed by atoms with Crippen LogP contribution in [0.25, 0.3) is 21.3 Å². The van der Waals surface area contributed by atoms with Crippen molar-refractivity contribution in [2.75, 3.05) is 24.7 Å². The van der Waals surface area contributed by atoms with Crippen LogP contribution in [-0.4, -0.2) is 63.7 Å². The third-order valence-corrected chi connectivity index (χ3v) is 9.20. The lowest BCUT2D eigenvalue weighted by Crippen LogP contribution is -2.38. The molecule has 4 N–H and O–H groups in total. The van der Waals surface area contributed by atoms with Gasteiger partial charge in [0.25, 0.3) is 0 Å². The van der Waals surface area contributed by atoms with Crippen molar-refractivity contribution >= 4 is 47.3 Å². The monoisotopic (exact) mass is 579 g/mol. The molecule has 0 spiro atoms. The summed E-state index contributed by atoms with van der Waals surface area (Å²) >= 11 is 0.845. The van der Waals surface area contributed by atoms with Crippen LogP contribution in [0.15, 0.2) is 42.5 Å². The molecule has 202 valence electrons. The maximum atomic E-state index is 12.9. The normalized spacial score (nSPS) is 13.5. The fourth-order valence-corrected chi connectivity index (χ4v) is 6.92. The molecular formula is C22H24F3N3O6S3. The molecule has 3 aromatic rings. The minimum absolute atomic E-state index is 0.0115. The molecule has 3 rings (SSSR count). The summed E-state index contributed by atoms with van der Waals surface area (Å²) in [5.74, 6) is -3.22. The molecule has 9 nitrogen and oxygen atoms in total. The average molecular weight is 580 g/mol. The van der Waals surface area contributed by atoms with Crippen LogP contribution in [0.3, 0.4) is 0 Å². The lowest BCUT2D eigenvalue weighted by atomic mass is 10.0. The number of carbonyl (C=O) groups excluding carboxylic acids is 1. The lowest BCUT2D eigenvalue weighted by molar-refractivity contribution is -0.130. The summed E-state index contributed by atoms with van der Waals surface area (Å²) in [6.45, 7) is -0.512. The first kappa shape index (κ1) is 29.0. The number of nitrogens with two attached hydrogens (primary N) is 1. The second-order valence-electron chi connectivity index (χ2n) is 8.18. The van der Waals surface area contributed by atoms with E-state index in [4.69, 9.17) is 10.2 Å². The Balaban J connectivity index is 1.96. The number of sulfone groups is 1. The number of nitrogens with one attached hydrogen (secondary N) is 1. The Kier molecular flexibility index (Phi) is 8.95. The van der Waals surface area contributed by atoms with Crippen LogP contribution in [0.4, 0.5) is 13.2 Å². The Morgan fingerprint density at radius 1 is 1.05 bits per heavy atom. The van der Waals surface area contributed by atoms with Gasteiger partial charge < -0.3 is 10.4 Å². The summed E-state index contributed by atoms with van der Waals surface area (Å²) in [4.78, 5) is 17.0. The van der Waals surface area contributed by atoms with Crippen molar-refractivity contribution in [1.29, 1.82) is 0 Å². The maximum absolute atomic E-state index is 12.9. The molecule has 0 aliphatic rings. The van der Waals surface area contributed by atoms with Gasteiger partial charge in [0, 0.05) is 13.2 Å². The second kappa shape index (κ2) is 11.4. The van der Waals surface area contributed by atoms with Crippen molar-refractivity contribution < 1.29 is 39.9 Å². The Hall–Kier alpha value is -2.59. The number of aromatic nitrogens is 1. The van der Waals surface area contributed by atoms with E-state index in [1.54, 1.807) is 18.2 Å². The Labute approximate surface area is 215 Å². The number of alkyl halides is 3. The van der Waals surface area contributed by atoms with Gasteiger partial charge in [-0.25, -0.2) is 27.0 Å². The number of thiazole rings is 1. The molecule has 37 heavy (non-hydrogen) atoms. The van der Waals surface area contributed by atoms with E-state index in [1.807, 2.05) is 24.3 Å². The number of aliphatic hydroxyl groups excluding tert-OH is 1. The van der Waals surface area contributed by atoms with E-state index in [0.717, 1.165) is 28.0 Å². The van der Waals surface area contributed by atoms with Gasteiger partial charge in [-0.2, -0.15) is 13.2 Å². The van der Waals surface area contributed by atoms with Crippen molar-refractivity contribution in [3.63, 3.8) is 0 Å². The van der Waals surface area contributed by atoms with Crippen LogP contribution in [0.5, 0.6) is 0 Å². The van der Waals surface area contributed by atoms with Gasteiger partial charge in [-0.1, -0.05) is 30.3 Å². The number of rotatable bonds is 11. The van der Waals surface area contributed by atoms with E-state index in [-0.39, 0.29) is 11.6 Å². The van der Waals surface area contributed by atoms with Crippen molar-refractivity contribution in [2.24, 2.45) is 5.14 Å². The lowest BCUT2D eigenvalue weighted by Gasteiger charge is -2.16. The quantitative estimate of drug-likeness (QED) is 0.315. The molecule has 1 atom stereocenters. The van der Waals surface area contributed by atoms with Gasteiger partial charge in [0.05, 0.1) is 28.1 Å². The smallest absolute Gasteiger partial charge is 0.390 e. The molecule has 0 fully saturated rings. The third kappa shape index (κ3) is 8.20. The topological polar surface area (TPSA) is 157 Å². The highest BCUT2D eigenvalue weighted by atomic mass is 32.2. The fourth-order valence-electron chi connectivity index (χ4n) is 3.44. The summed E-state index contributed by atoms with van der Waals surface area (Å²) in [5, 5.41) is 13.8. The number of nitrogens with zero attached hydrogens (tertiary/aromatic N) is 1. The summed E-state index contributed by atoms with van der Waals surface area (Å²) < 4.78 is 86.8. The van der Waals surface area contributed by atoms with Crippen molar-refractivity contribution in [3.05, 3.63) is 53.0 Å². The molecule has 0 bridgehead atoms. The van der Waals surface area contributed by atoms with E-state index < -0.39 is 61.7 Å². The number of hydrogen-bond donors (Lipinski definition) is 3. The highest BCUT2D eigenvalue weighted by Crippen LogP contribution is 2.35. The minimum atomic E-state index is -4.77. The van der Waals surface area contributed by atoms with Gasteiger partial charge >= 0.3 is 6.18 Å². The van der Waals surface area contributed by atoms with Gasteiger partial charge in [-0.05, 0) is 35.2 Å². The second-order valence-corrected chi connectivity index (χ2v) is 13.2. The third-order valence-electron chi connectivity index (χ3n) is 5.27. The molecule has 0 saturated heterocycles. The molecule has 1 unspecified atom stereocenters. The Morgan fingerprint density at radius 2 is 1.70 bits per heavy atom. The Morgan fingerprint density at radius 3 is 2.30 bits per heavy atom. The fraction of sp³-hybridized carbons (Fsp3) is 0.364. The largest absolute Gasteiger partial charge is 0.396 e. The number of aliphatic hydroxyl groups is 1. The van der Waals surface area contributed by atoms with E-state index in [9.17, 15) is 34.8 Å². The van der Waals surface area contributed by atoms with Gasteiger partial charge in [0.1, 0.15) is 5.01 Å². The highest BCUT2D eigenvalue weighted by molar-refractivity contribution is 7.92. The molecule has 1 aromatic heterocycles. The number of halogens is 3. The molecule has 1 amide bonds. The minimum Gasteiger partial charge on any atom is -0.396 e. The molecule has 0 radical (unpaired) electrons. The molecule has 0 saturated carbocycles. The van der Waals surface area contributed by atoms with Crippen LogP contribution < -0.4 is 10.5 Å². The zero-order valence-corrected chi connectivity index (χ0v) is 21.7. The molecule has 0 aliphatic heterocycles. The van der Waals surface area contributed by atoms with Gasteiger partial charge in [-0.15, -0.1) is 11.3 Å². The first-order valence-corrected chi connectivity index (χ1v) is 15.1. The van der Waals surface area contributed by atoms with Crippen molar-refractivity contribution in [2.45, 2.75) is 24.3 Å². The maximum Gasteiger partial charge on any atom is 0.390 e. The molecule has 15 heteroatoms. The van der Waals surface area contributed by atoms with Crippen molar-refractivity contribution in [1.82, 2.24) is 10.3 Å². The molecule has 1 heterocycles. The van der Waals surface area contributed by atoms with Crippen LogP contribution in [0, 0.1) is 0 Å². The predicted molar refractivity (Wildman–Crippen MR) is 134 cm³/mol. The van der Waals surface area contributed by atoms with Crippen molar-refractivity contribution in [3.8, 4) is 11.1 Å². The van der Waals surface area contributed by atoms with Gasteiger partial charge in [0.15, 0.2) is 15.1 Å². The van der Waals surface area contributed by atoms with E-state index in [1.165, 1.54) is 0 Å². The number of primary sulfonamides is 1. The number of fused-ring (bicyclic) bond motifs is 1. The molecular weight excluding hydrogens is 555 g/mol. The predicted octanol–water partition coefficient (Wildman–Crippen LogP) is 2.31. The van der Waals surface area contributed by atoms with Crippen LogP contribution in [0.1, 0.15) is 22.2 Å². The van der Waals surface area contributed by atoms with Crippen LogP contribution in [0.2, 0.25) is 0 Å². The standard InChI is InChI=1S/C22H24F3N3O6S3/c23-22(24,25)8-11-36(31,32)19(20(30)27-9-12-37(26,33)34)21-28-17-6-5-16(13-18(17)35-21)15-3-1-14(2-4-15)7-10-29/h1-6,13,19,29H,7-12H2,(H,27,30)(H2,26,33,34). The number of hydrogen-bond acceptors (Lipinski definition) is 8. The number of sulfonamides is 1. The van der Waals surface area contributed by atoms with Crippen LogP contribution in [-0.2, 0) is 31.1 Å². The van der Waals surface area contributed by atoms with Gasteiger partial charge in [-0.3, -0.25) is 4.79 Å². The number of benzene rings is 2. The summed E-state index contributed by atoms with van der Waals surface area (Å²) in [5.41, 5.74) is 2.86. The zero-order valence-electron chi connectivity index (χ0n) is 19.2. The van der Waals surface area contributed by atoms with Gasteiger partial charge in [0.2, 0.25) is 15.9 Å². The molecule has 0 aliphatic carbocycles. The molecule has 2 aromatic carbocycles. The van der Waals surface area contributed by atoms with E-state index in [0.29, 0.717) is 16.6 Å². The number of amides is 1. The first-order chi connectivity index (χ1) is 17.2. The first-order valence-electron chi connectivity index (χ1n) is 10.9. The SMILES string of the molecule is NS(=O)(=O)CCNC(=O)C(c1nc2ccc(-c3ccc(CCO)cc3)cc2s1)S(=O)(=O)CCC(F)(F)F. The highest BCUT2D eigenvalue weighted by Gasteiger charge is 2.40. The van der Waals surface area contributed by atoms with E-state index >= 15 is 0 Å². The van der Waals surface area contributed by atoms with E-state index in [2.05, 4.69) is 10.3 Å². The van der Waals surface area contributed by atoms with Crippen LogP contribution >= 0.6 is 11.3 Å². The zero-order chi connectivity index (χ0) is 27.4. The number of carbonyl (C=O) groups is 1. The summed E-state index contributed by atoms with van der Waals surface area (Å²) in [7, 11) is -8.65. The summed E-state index contributed by atoms with van der Waals surface area (Å²) in [6.07, 6.45) is -5.92. The Bertz CT molecular complexity index is 1470.